The van der Waals surface area contributed by atoms with Gasteiger partial charge in [-0.15, -0.1) is 5.10 Å². The van der Waals surface area contributed by atoms with Crippen molar-refractivity contribution in [3.63, 3.8) is 0 Å². The van der Waals surface area contributed by atoms with Crippen molar-refractivity contribution in [1.29, 1.82) is 0 Å². The zero-order valence-electron chi connectivity index (χ0n) is 21.9. The van der Waals surface area contributed by atoms with Crippen molar-refractivity contribution < 1.29 is 14.3 Å². The lowest BCUT2D eigenvalue weighted by atomic mass is 9.82. The third kappa shape index (κ3) is 4.46. The van der Waals surface area contributed by atoms with Gasteiger partial charge in [-0.25, -0.2) is 19.0 Å². The second-order valence-corrected chi connectivity index (χ2v) is 11.0. The summed E-state index contributed by atoms with van der Waals surface area (Å²) in [5.74, 6) is 0.782. The Labute approximate surface area is 221 Å². The summed E-state index contributed by atoms with van der Waals surface area (Å²) in [4.78, 5) is 32.8. The van der Waals surface area contributed by atoms with Crippen molar-refractivity contribution in [2.75, 3.05) is 4.90 Å². The van der Waals surface area contributed by atoms with Crippen molar-refractivity contribution in [2.24, 2.45) is 17.8 Å². The predicted octanol–water partition coefficient (Wildman–Crippen LogP) is 5.28. The summed E-state index contributed by atoms with van der Waals surface area (Å²) >= 11 is 0. The lowest BCUT2D eigenvalue weighted by Gasteiger charge is -2.37. The highest BCUT2D eigenvalue weighted by atomic mass is 16.6. The molecule has 1 amide bonds. The highest BCUT2D eigenvalue weighted by Gasteiger charge is 2.42. The normalized spacial score (nSPS) is 21.5. The summed E-state index contributed by atoms with van der Waals surface area (Å²) in [5, 5.41) is 9.35. The Balaban J connectivity index is 1.32. The van der Waals surface area contributed by atoms with E-state index in [1.165, 1.54) is 0 Å². The summed E-state index contributed by atoms with van der Waals surface area (Å²) in [5.41, 5.74) is 3.62. The molecule has 0 saturated heterocycles. The van der Waals surface area contributed by atoms with Gasteiger partial charge in [0.2, 0.25) is 5.91 Å². The first-order valence-corrected chi connectivity index (χ1v) is 13.4. The highest BCUT2D eigenvalue weighted by molar-refractivity contribution is 6.04. The first-order valence-electron chi connectivity index (χ1n) is 13.4. The molecule has 4 aromatic rings. The average Bonchev–Trinajstić information content (AvgIpc) is 3.54. The molecule has 2 aliphatic rings. The topological polar surface area (TPSA) is 94.6 Å². The number of carbonyl (C=O) groups is 2. The van der Waals surface area contributed by atoms with E-state index in [9.17, 15) is 9.59 Å². The quantitative estimate of drug-likeness (QED) is 0.338. The number of fused-ring (bicyclic) bond motifs is 2. The van der Waals surface area contributed by atoms with Gasteiger partial charge in [0, 0.05) is 42.6 Å². The van der Waals surface area contributed by atoms with E-state index < -0.39 is 12.2 Å². The van der Waals surface area contributed by atoms with Gasteiger partial charge in [-0.2, -0.15) is 5.10 Å². The number of carbonyl (C=O) groups excluding carboxylic acids is 2. The number of aromatic nitrogens is 5. The molecule has 0 bridgehead atoms. The minimum atomic E-state index is -0.642. The molecule has 1 saturated carbocycles. The van der Waals surface area contributed by atoms with E-state index in [2.05, 4.69) is 30.9 Å². The Hall–Kier alpha value is -4.01. The number of nitrogens with zero attached hydrogens (tertiary/aromatic N) is 6. The monoisotopic (exact) mass is 512 g/mol. The van der Waals surface area contributed by atoms with E-state index in [1.54, 1.807) is 26.5 Å². The molecular formula is C29H32N6O3. The second-order valence-electron chi connectivity index (χ2n) is 11.0. The third-order valence-electron chi connectivity index (χ3n) is 7.61. The van der Waals surface area contributed by atoms with Crippen molar-refractivity contribution in [3.8, 4) is 16.9 Å². The van der Waals surface area contributed by atoms with Crippen LogP contribution in [0.25, 0.3) is 22.6 Å². The number of rotatable bonds is 5. The average molecular weight is 513 g/mol. The first-order chi connectivity index (χ1) is 18.4. The van der Waals surface area contributed by atoms with Gasteiger partial charge >= 0.3 is 5.97 Å². The minimum Gasteiger partial charge on any atom is -0.437 e. The summed E-state index contributed by atoms with van der Waals surface area (Å²) in [6.45, 7) is 6.36. The maximum absolute atomic E-state index is 13.8. The number of hydrogen-bond donors (Lipinski definition) is 0. The lowest BCUT2D eigenvalue weighted by molar-refractivity contribution is -0.126. The Morgan fingerprint density at radius 1 is 1.11 bits per heavy atom. The van der Waals surface area contributed by atoms with Gasteiger partial charge in [-0.1, -0.05) is 32.9 Å². The van der Waals surface area contributed by atoms with E-state index in [1.807, 2.05) is 42.6 Å². The van der Waals surface area contributed by atoms with Crippen LogP contribution in [0.5, 0.6) is 0 Å². The van der Waals surface area contributed by atoms with Gasteiger partial charge in [0.15, 0.2) is 17.7 Å². The van der Waals surface area contributed by atoms with E-state index in [4.69, 9.17) is 9.84 Å². The van der Waals surface area contributed by atoms with Gasteiger partial charge in [0.1, 0.15) is 5.56 Å². The van der Waals surface area contributed by atoms with Gasteiger partial charge in [0.25, 0.3) is 0 Å². The van der Waals surface area contributed by atoms with Crippen molar-refractivity contribution in [3.05, 3.63) is 60.6 Å². The molecule has 1 unspecified atom stereocenters. The number of amides is 1. The molecule has 0 N–H and O–H groups in total. The summed E-state index contributed by atoms with van der Waals surface area (Å²) in [7, 11) is 0. The molecule has 196 valence electrons. The molecule has 1 fully saturated rings. The maximum atomic E-state index is 13.8. The fourth-order valence-electron chi connectivity index (χ4n) is 5.46. The zero-order valence-corrected chi connectivity index (χ0v) is 21.9. The molecule has 0 radical (unpaired) electrons. The van der Waals surface area contributed by atoms with Crippen molar-refractivity contribution in [1.82, 2.24) is 24.4 Å². The van der Waals surface area contributed by atoms with Crippen LogP contribution in [-0.4, -0.2) is 42.5 Å². The predicted molar refractivity (Wildman–Crippen MR) is 143 cm³/mol. The number of cyclic esters (lactones) is 1. The Kier molecular flexibility index (Phi) is 6.21. The van der Waals surface area contributed by atoms with Crippen LogP contribution in [0.3, 0.4) is 0 Å². The molecular weight excluding hydrogens is 480 g/mol. The number of ether oxygens (including phenoxy) is 1. The van der Waals surface area contributed by atoms with E-state index in [-0.39, 0.29) is 17.7 Å². The van der Waals surface area contributed by atoms with Gasteiger partial charge < -0.3 is 4.74 Å². The first kappa shape index (κ1) is 24.3. The number of hydrogen-bond acceptors (Lipinski definition) is 6. The zero-order chi connectivity index (χ0) is 26.4. The maximum Gasteiger partial charge on any atom is 0.345 e. The number of esters is 1. The molecule has 1 atom stereocenters. The van der Waals surface area contributed by atoms with E-state index in [0.29, 0.717) is 23.7 Å². The molecule has 3 aromatic heterocycles. The molecule has 38 heavy (non-hydrogen) atoms. The fourth-order valence-corrected chi connectivity index (χ4v) is 5.46. The second kappa shape index (κ2) is 9.70. The Morgan fingerprint density at radius 3 is 2.58 bits per heavy atom. The minimum absolute atomic E-state index is 0.0114. The largest absolute Gasteiger partial charge is 0.437 e. The van der Waals surface area contributed by atoms with Crippen LogP contribution >= 0.6 is 0 Å². The molecule has 6 rings (SSSR count). The van der Waals surface area contributed by atoms with Crippen molar-refractivity contribution >= 4 is 23.3 Å². The number of benzene rings is 1. The molecule has 1 aliphatic heterocycles. The lowest BCUT2D eigenvalue weighted by Crippen LogP contribution is -2.50. The molecule has 4 heterocycles. The van der Waals surface area contributed by atoms with E-state index in [0.717, 1.165) is 48.3 Å². The Morgan fingerprint density at radius 2 is 1.87 bits per heavy atom. The third-order valence-corrected chi connectivity index (χ3v) is 7.61. The van der Waals surface area contributed by atoms with Crippen LogP contribution in [0.1, 0.15) is 63.2 Å². The summed E-state index contributed by atoms with van der Waals surface area (Å²) < 4.78 is 9.21. The van der Waals surface area contributed by atoms with Gasteiger partial charge in [0.05, 0.1) is 11.4 Å². The molecule has 1 aromatic carbocycles. The molecule has 9 nitrogen and oxygen atoms in total. The SMILES string of the molecule is CC(C)CC1OC(=O)c2cn(-c3ccc(-c4cc5ncccn5n4)cc3)nc2N1C(=O)C1CCC(C)CC1. The van der Waals surface area contributed by atoms with Crippen LogP contribution in [0, 0.1) is 17.8 Å². The van der Waals surface area contributed by atoms with E-state index >= 15 is 0 Å². The van der Waals surface area contributed by atoms with Gasteiger partial charge in [-0.05, 0) is 55.7 Å². The molecule has 1 aliphatic carbocycles. The molecule has 9 heteroatoms. The Bertz CT molecular complexity index is 1450. The standard InChI is InChI=1S/C29H32N6O3/c1-18(2)15-26-35(28(36)21-7-5-19(3)6-8-21)27-23(29(37)38-26)17-34(32-27)22-11-9-20(10-12-22)24-16-25-30-13-4-14-33(25)31-24/h4,9-14,16-19,21,26H,5-8,15H2,1-3H3. The van der Waals surface area contributed by atoms with Crippen LogP contribution in [0.15, 0.2) is 55.0 Å². The van der Waals surface area contributed by atoms with Crippen molar-refractivity contribution in [2.45, 2.75) is 59.1 Å². The summed E-state index contributed by atoms with van der Waals surface area (Å²) in [6.07, 6.45) is 8.97. The fraction of sp³-hybridized carbons (Fsp3) is 0.414. The van der Waals surface area contributed by atoms with Crippen LogP contribution in [-0.2, 0) is 9.53 Å². The summed E-state index contributed by atoms with van der Waals surface area (Å²) in [6, 6.07) is 11.6. The van der Waals surface area contributed by atoms with Crippen LogP contribution < -0.4 is 4.90 Å². The number of anilines is 1. The molecule has 0 spiro atoms. The van der Waals surface area contributed by atoms with Crippen LogP contribution in [0.2, 0.25) is 0 Å². The highest BCUT2D eigenvalue weighted by Crippen LogP contribution is 2.36. The smallest absolute Gasteiger partial charge is 0.345 e. The van der Waals surface area contributed by atoms with Gasteiger partial charge in [-0.3, -0.25) is 9.69 Å². The van der Waals surface area contributed by atoms with Crippen LogP contribution in [0.4, 0.5) is 5.82 Å².